The van der Waals surface area contributed by atoms with Gasteiger partial charge < -0.3 is 21.1 Å². The van der Waals surface area contributed by atoms with Crippen molar-refractivity contribution in [2.75, 3.05) is 10.6 Å². The molecule has 0 spiro atoms. The highest BCUT2D eigenvalue weighted by Crippen LogP contribution is 2.25. The van der Waals surface area contributed by atoms with E-state index in [4.69, 9.17) is 33.7 Å². The molecule has 0 aliphatic heterocycles. The van der Waals surface area contributed by atoms with E-state index in [1.165, 1.54) is 43.3 Å². The van der Waals surface area contributed by atoms with Crippen molar-refractivity contribution in [1.82, 2.24) is 0 Å². The average molecular weight is 396 g/mol. The van der Waals surface area contributed by atoms with Crippen LogP contribution in [0, 0.1) is 0 Å². The van der Waals surface area contributed by atoms with Gasteiger partial charge in [-0.15, -0.1) is 0 Å². The minimum absolute atomic E-state index is 0.209. The van der Waals surface area contributed by atoms with Crippen molar-refractivity contribution in [3.8, 4) is 0 Å². The lowest BCUT2D eigenvalue weighted by molar-refractivity contribution is -0.123. The Bertz CT molecular complexity index is 840. The molecule has 136 valence electrons. The number of hydrogen-bond donors (Lipinski definition) is 3. The third-order valence-electron chi connectivity index (χ3n) is 3.23. The molecular formula is C17H15Cl2N3O4. The first-order valence-electron chi connectivity index (χ1n) is 7.39. The van der Waals surface area contributed by atoms with Gasteiger partial charge in [-0.25, -0.2) is 9.59 Å². The number of anilines is 2. The van der Waals surface area contributed by atoms with Gasteiger partial charge in [-0.05, 0) is 49.4 Å². The van der Waals surface area contributed by atoms with Crippen molar-refractivity contribution in [1.29, 1.82) is 0 Å². The summed E-state index contributed by atoms with van der Waals surface area (Å²) >= 11 is 11.8. The maximum atomic E-state index is 12.2. The Morgan fingerprint density at radius 1 is 1.04 bits per heavy atom. The number of carbonyl (C=O) groups excluding carboxylic acids is 3. The molecule has 2 aromatic carbocycles. The molecular weight excluding hydrogens is 381 g/mol. The van der Waals surface area contributed by atoms with Crippen LogP contribution in [0.1, 0.15) is 17.3 Å². The number of amides is 3. The van der Waals surface area contributed by atoms with E-state index < -0.39 is 24.0 Å². The van der Waals surface area contributed by atoms with Crippen molar-refractivity contribution in [2.24, 2.45) is 5.73 Å². The molecule has 9 heteroatoms. The summed E-state index contributed by atoms with van der Waals surface area (Å²) in [6.45, 7) is 1.43. The normalized spacial score (nSPS) is 11.3. The molecule has 0 bridgehead atoms. The number of esters is 1. The number of primary amides is 1. The fourth-order valence-corrected chi connectivity index (χ4v) is 2.28. The highest BCUT2D eigenvalue weighted by atomic mass is 35.5. The summed E-state index contributed by atoms with van der Waals surface area (Å²) in [7, 11) is 0. The van der Waals surface area contributed by atoms with Crippen LogP contribution in [-0.2, 0) is 9.53 Å². The van der Waals surface area contributed by atoms with E-state index in [0.29, 0.717) is 21.4 Å². The van der Waals surface area contributed by atoms with Gasteiger partial charge in [0.15, 0.2) is 6.10 Å². The van der Waals surface area contributed by atoms with Gasteiger partial charge in [-0.3, -0.25) is 4.79 Å². The van der Waals surface area contributed by atoms with E-state index >= 15 is 0 Å². The number of nitrogens with one attached hydrogen (secondary N) is 2. The molecule has 0 unspecified atom stereocenters. The minimum atomic E-state index is -1.07. The van der Waals surface area contributed by atoms with E-state index in [9.17, 15) is 14.4 Å². The van der Waals surface area contributed by atoms with E-state index in [-0.39, 0.29) is 5.56 Å². The summed E-state index contributed by atoms with van der Waals surface area (Å²) in [6.07, 6.45) is -1.07. The van der Waals surface area contributed by atoms with Crippen molar-refractivity contribution >= 4 is 52.5 Å². The fraction of sp³-hybridized carbons (Fsp3) is 0.118. The highest BCUT2D eigenvalue weighted by molar-refractivity contribution is 6.35. The third kappa shape index (κ3) is 5.37. The van der Waals surface area contributed by atoms with Gasteiger partial charge >= 0.3 is 12.0 Å². The molecule has 0 saturated heterocycles. The second-order valence-corrected chi connectivity index (χ2v) is 6.07. The van der Waals surface area contributed by atoms with Crippen LogP contribution >= 0.6 is 23.2 Å². The maximum Gasteiger partial charge on any atom is 0.338 e. The number of hydrogen-bond acceptors (Lipinski definition) is 4. The smallest absolute Gasteiger partial charge is 0.338 e. The highest BCUT2D eigenvalue weighted by Gasteiger charge is 2.20. The quantitative estimate of drug-likeness (QED) is 0.670. The van der Waals surface area contributed by atoms with Gasteiger partial charge in [0.2, 0.25) is 0 Å². The summed E-state index contributed by atoms with van der Waals surface area (Å²) in [5.41, 5.74) is 5.95. The van der Waals surface area contributed by atoms with Crippen molar-refractivity contribution in [3.63, 3.8) is 0 Å². The molecule has 0 aromatic heterocycles. The first kappa shape index (κ1) is 19.6. The molecule has 2 aromatic rings. The molecule has 3 amide bonds. The lowest BCUT2D eigenvalue weighted by Crippen LogP contribution is -2.30. The number of nitrogens with two attached hydrogens (primary N) is 1. The van der Waals surface area contributed by atoms with Crippen LogP contribution in [0.2, 0.25) is 10.0 Å². The van der Waals surface area contributed by atoms with E-state index in [1.807, 2.05) is 0 Å². The Balaban J connectivity index is 1.98. The molecule has 1 atom stereocenters. The second-order valence-electron chi connectivity index (χ2n) is 5.23. The minimum Gasteiger partial charge on any atom is -0.449 e. The topological polar surface area (TPSA) is 111 Å². The van der Waals surface area contributed by atoms with Crippen LogP contribution in [0.25, 0.3) is 0 Å². The molecule has 4 N–H and O–H groups in total. The van der Waals surface area contributed by atoms with E-state index in [1.54, 1.807) is 6.07 Å². The molecule has 0 aliphatic rings. The number of benzene rings is 2. The van der Waals surface area contributed by atoms with Crippen LogP contribution in [0.3, 0.4) is 0 Å². The predicted octanol–water partition coefficient (Wildman–Crippen LogP) is 3.67. The number of ether oxygens (including phenoxy) is 1. The molecule has 0 fully saturated rings. The molecule has 0 saturated carbocycles. The van der Waals surface area contributed by atoms with Crippen LogP contribution in [0.15, 0.2) is 42.5 Å². The average Bonchev–Trinajstić information content (AvgIpc) is 2.58. The Kier molecular flexibility index (Phi) is 6.43. The monoisotopic (exact) mass is 395 g/mol. The summed E-state index contributed by atoms with van der Waals surface area (Å²) in [5.74, 6) is -1.26. The Labute approximate surface area is 159 Å². The Morgan fingerprint density at radius 2 is 1.69 bits per heavy atom. The van der Waals surface area contributed by atoms with Crippen LogP contribution < -0.4 is 16.4 Å². The van der Waals surface area contributed by atoms with Crippen molar-refractivity contribution in [3.05, 3.63) is 58.1 Å². The number of urea groups is 1. The van der Waals surface area contributed by atoms with E-state index in [0.717, 1.165) is 0 Å². The molecule has 7 nitrogen and oxygen atoms in total. The molecule has 0 aliphatic carbocycles. The van der Waals surface area contributed by atoms with Gasteiger partial charge in [0, 0.05) is 10.7 Å². The van der Waals surface area contributed by atoms with Gasteiger partial charge in [-0.2, -0.15) is 0 Å². The third-order valence-corrected chi connectivity index (χ3v) is 3.79. The summed E-state index contributed by atoms with van der Waals surface area (Å²) < 4.78 is 5.12. The van der Waals surface area contributed by atoms with Gasteiger partial charge in [0.25, 0.3) is 5.91 Å². The SMILES string of the molecule is C[C@H](OC(=O)c1ccc(NC(N)=O)cc1)C(=O)Nc1cc(Cl)ccc1Cl. The summed E-state index contributed by atoms with van der Waals surface area (Å²) in [5, 5.41) is 5.62. The fourth-order valence-electron chi connectivity index (χ4n) is 1.94. The number of halogens is 2. The Morgan fingerprint density at radius 3 is 2.31 bits per heavy atom. The lowest BCUT2D eigenvalue weighted by atomic mass is 10.2. The second kappa shape index (κ2) is 8.55. The number of carbonyl (C=O) groups is 3. The molecule has 26 heavy (non-hydrogen) atoms. The maximum absolute atomic E-state index is 12.2. The molecule has 2 rings (SSSR count). The van der Waals surface area contributed by atoms with Crippen molar-refractivity contribution < 1.29 is 19.1 Å². The lowest BCUT2D eigenvalue weighted by Gasteiger charge is -2.14. The van der Waals surface area contributed by atoms with Gasteiger partial charge in [0.1, 0.15) is 0 Å². The first-order valence-corrected chi connectivity index (χ1v) is 8.15. The van der Waals surface area contributed by atoms with Crippen LogP contribution in [0.4, 0.5) is 16.2 Å². The summed E-state index contributed by atoms with van der Waals surface area (Å²) in [6, 6.07) is 9.73. The molecule has 0 heterocycles. The zero-order valence-corrected chi connectivity index (χ0v) is 15.1. The largest absolute Gasteiger partial charge is 0.449 e. The van der Waals surface area contributed by atoms with Crippen LogP contribution in [-0.4, -0.2) is 24.0 Å². The number of rotatable bonds is 5. The van der Waals surface area contributed by atoms with Crippen LogP contribution in [0.5, 0.6) is 0 Å². The zero-order chi connectivity index (χ0) is 19.3. The zero-order valence-electron chi connectivity index (χ0n) is 13.6. The standard InChI is InChI=1S/C17H15Cl2N3O4/c1-9(15(23)22-14-8-11(18)4-7-13(14)19)26-16(24)10-2-5-12(6-3-10)21-17(20)25/h2-9H,1H3,(H,22,23)(H3,20,21,25)/t9-/m0/s1. The summed E-state index contributed by atoms with van der Waals surface area (Å²) in [4.78, 5) is 35.0. The van der Waals surface area contributed by atoms with Gasteiger partial charge in [-0.1, -0.05) is 23.2 Å². The predicted molar refractivity (Wildman–Crippen MR) is 99.6 cm³/mol. The van der Waals surface area contributed by atoms with E-state index in [2.05, 4.69) is 10.6 Å². The Hall–Kier alpha value is -2.77. The first-order chi connectivity index (χ1) is 12.3. The molecule has 0 radical (unpaired) electrons. The van der Waals surface area contributed by atoms with Gasteiger partial charge in [0.05, 0.1) is 16.3 Å². The van der Waals surface area contributed by atoms with Crippen molar-refractivity contribution in [2.45, 2.75) is 13.0 Å².